The molecular formula is C18H29Cl3N4OS. The van der Waals surface area contributed by atoms with Crippen molar-refractivity contribution in [2.75, 3.05) is 38.2 Å². The quantitative estimate of drug-likeness (QED) is 0.630. The highest BCUT2D eigenvalue weighted by Gasteiger charge is 2.25. The van der Waals surface area contributed by atoms with E-state index in [1.165, 1.54) is 0 Å². The Balaban J connectivity index is 0.00000182. The van der Waals surface area contributed by atoms with E-state index in [2.05, 4.69) is 41.7 Å². The molecule has 1 aromatic carbocycles. The molecular weight excluding hydrogens is 427 g/mol. The summed E-state index contributed by atoms with van der Waals surface area (Å²) in [5.74, 6) is 0. The third-order valence-electron chi connectivity index (χ3n) is 5.05. The van der Waals surface area contributed by atoms with Gasteiger partial charge in [0.1, 0.15) is 0 Å². The number of imidazole rings is 1. The summed E-state index contributed by atoms with van der Waals surface area (Å²) in [6.07, 6.45) is 2.27. The molecule has 0 spiro atoms. The maximum Gasteiger partial charge on any atom is 0.166 e. The van der Waals surface area contributed by atoms with Crippen LogP contribution in [-0.2, 0) is 0 Å². The smallest absolute Gasteiger partial charge is 0.166 e. The fourth-order valence-corrected chi connectivity index (χ4v) is 4.52. The number of aromatic amines is 1. The van der Waals surface area contributed by atoms with Gasteiger partial charge in [-0.3, -0.25) is 4.90 Å². The normalized spacial score (nSPS) is 17.9. The zero-order chi connectivity index (χ0) is 18.0. The predicted octanol–water partition coefficient (Wildman–Crippen LogP) is 4.45. The molecule has 1 aromatic heterocycles. The molecule has 5 nitrogen and oxygen atoms in total. The molecule has 1 fully saturated rings. The number of anilines is 1. The SMILES string of the molecule is CCC(CC)Sc1nc2cc(Cl)c(N3CCN(C)C(CO)C3)cc2[nH]1.Cl.Cl. The first-order valence-electron chi connectivity index (χ1n) is 8.97. The number of likely N-dealkylation sites (N-methyl/N-ethyl adjacent to an activating group) is 1. The second kappa shape index (κ2) is 11.0. The van der Waals surface area contributed by atoms with Crippen molar-refractivity contribution in [1.82, 2.24) is 14.9 Å². The lowest BCUT2D eigenvalue weighted by molar-refractivity contribution is 0.135. The van der Waals surface area contributed by atoms with Crippen LogP contribution in [0, 0.1) is 0 Å². The van der Waals surface area contributed by atoms with E-state index in [-0.39, 0.29) is 37.5 Å². The molecule has 1 aliphatic rings. The first-order valence-corrected chi connectivity index (χ1v) is 10.2. The maximum absolute atomic E-state index is 9.58. The van der Waals surface area contributed by atoms with Gasteiger partial charge in [-0.05, 0) is 32.0 Å². The molecule has 2 aromatic rings. The summed E-state index contributed by atoms with van der Waals surface area (Å²) < 4.78 is 0. The van der Waals surface area contributed by atoms with Gasteiger partial charge in [-0.1, -0.05) is 37.2 Å². The van der Waals surface area contributed by atoms with Crippen molar-refractivity contribution in [2.24, 2.45) is 0 Å². The number of aliphatic hydroxyl groups is 1. The van der Waals surface area contributed by atoms with E-state index in [0.717, 1.165) is 59.4 Å². The van der Waals surface area contributed by atoms with Gasteiger partial charge in [-0.15, -0.1) is 24.8 Å². The zero-order valence-electron chi connectivity index (χ0n) is 15.9. The van der Waals surface area contributed by atoms with Gasteiger partial charge < -0.3 is 15.0 Å². The molecule has 9 heteroatoms. The summed E-state index contributed by atoms with van der Waals surface area (Å²) in [7, 11) is 2.05. The molecule has 0 aliphatic carbocycles. The molecule has 1 saturated heterocycles. The van der Waals surface area contributed by atoms with Crippen molar-refractivity contribution in [2.45, 2.75) is 43.1 Å². The summed E-state index contributed by atoms with van der Waals surface area (Å²) in [4.78, 5) is 12.6. The number of hydrogen-bond acceptors (Lipinski definition) is 5. The zero-order valence-corrected chi connectivity index (χ0v) is 19.1. The van der Waals surface area contributed by atoms with Crippen LogP contribution in [0.5, 0.6) is 0 Å². The number of piperazine rings is 1. The Morgan fingerprint density at radius 3 is 2.63 bits per heavy atom. The van der Waals surface area contributed by atoms with Crippen LogP contribution < -0.4 is 4.90 Å². The topological polar surface area (TPSA) is 55.4 Å². The molecule has 2 heterocycles. The minimum Gasteiger partial charge on any atom is -0.395 e. The maximum atomic E-state index is 9.58. The van der Waals surface area contributed by atoms with E-state index in [4.69, 9.17) is 16.6 Å². The summed E-state index contributed by atoms with van der Waals surface area (Å²) in [6, 6.07) is 4.19. The van der Waals surface area contributed by atoms with Crippen molar-refractivity contribution in [3.8, 4) is 0 Å². The Morgan fingerprint density at radius 2 is 2.00 bits per heavy atom. The van der Waals surface area contributed by atoms with Crippen LogP contribution in [0.25, 0.3) is 11.0 Å². The van der Waals surface area contributed by atoms with Crippen molar-refractivity contribution in [1.29, 1.82) is 0 Å². The highest BCUT2D eigenvalue weighted by atomic mass is 35.5. The van der Waals surface area contributed by atoms with Gasteiger partial charge in [-0.2, -0.15) is 0 Å². The Hall–Kier alpha value is -0.370. The summed E-state index contributed by atoms with van der Waals surface area (Å²) in [5, 5.41) is 11.8. The summed E-state index contributed by atoms with van der Waals surface area (Å²) >= 11 is 8.36. The second-order valence-corrected chi connectivity index (χ2v) is 8.38. The molecule has 0 saturated carbocycles. The van der Waals surface area contributed by atoms with E-state index in [9.17, 15) is 5.11 Å². The van der Waals surface area contributed by atoms with E-state index < -0.39 is 0 Å². The standard InChI is InChI=1S/C18H27ClN4OS.2ClH/c1-4-13(5-2)25-18-20-15-8-14(19)17(9-16(15)21-18)23-7-6-22(3)12(10-23)11-24;;/h8-9,12-13,24H,4-7,10-11H2,1-3H3,(H,20,21);2*1H. The van der Waals surface area contributed by atoms with Crippen LogP contribution >= 0.6 is 48.2 Å². The number of aromatic nitrogens is 2. The fourth-order valence-electron chi connectivity index (χ4n) is 3.27. The molecule has 27 heavy (non-hydrogen) atoms. The summed E-state index contributed by atoms with van der Waals surface area (Å²) in [6.45, 7) is 7.18. The molecule has 154 valence electrons. The first-order chi connectivity index (χ1) is 12.0. The van der Waals surface area contributed by atoms with Gasteiger partial charge in [0.2, 0.25) is 0 Å². The number of benzene rings is 1. The Morgan fingerprint density at radius 1 is 1.30 bits per heavy atom. The minimum absolute atomic E-state index is 0. The lowest BCUT2D eigenvalue weighted by Crippen LogP contribution is -2.53. The van der Waals surface area contributed by atoms with Gasteiger partial charge in [-0.25, -0.2) is 4.98 Å². The Labute approximate surface area is 183 Å². The molecule has 0 radical (unpaired) electrons. The molecule has 2 N–H and O–H groups in total. The lowest BCUT2D eigenvalue weighted by atomic mass is 10.1. The van der Waals surface area contributed by atoms with Gasteiger partial charge >= 0.3 is 0 Å². The monoisotopic (exact) mass is 454 g/mol. The van der Waals surface area contributed by atoms with Gasteiger partial charge in [0.15, 0.2) is 5.16 Å². The molecule has 0 amide bonds. The number of fused-ring (bicyclic) bond motifs is 1. The number of aliphatic hydroxyl groups excluding tert-OH is 1. The second-order valence-electron chi connectivity index (χ2n) is 6.68. The van der Waals surface area contributed by atoms with Crippen molar-refractivity contribution in [3.05, 3.63) is 17.2 Å². The van der Waals surface area contributed by atoms with E-state index >= 15 is 0 Å². The van der Waals surface area contributed by atoms with Gasteiger partial charge in [0.25, 0.3) is 0 Å². The largest absolute Gasteiger partial charge is 0.395 e. The number of nitrogens with one attached hydrogen (secondary N) is 1. The van der Waals surface area contributed by atoms with Crippen LogP contribution in [0.2, 0.25) is 5.02 Å². The van der Waals surface area contributed by atoms with Crippen molar-refractivity contribution in [3.63, 3.8) is 0 Å². The molecule has 1 atom stereocenters. The van der Waals surface area contributed by atoms with Gasteiger partial charge in [0, 0.05) is 24.9 Å². The Bertz CT molecular complexity index is 726. The van der Waals surface area contributed by atoms with E-state index in [1.54, 1.807) is 11.8 Å². The molecule has 1 unspecified atom stereocenters. The predicted molar refractivity (Wildman–Crippen MR) is 122 cm³/mol. The number of nitrogens with zero attached hydrogens (tertiary/aromatic N) is 3. The summed E-state index contributed by atoms with van der Waals surface area (Å²) in [5.41, 5.74) is 2.95. The molecule has 1 aliphatic heterocycles. The molecule has 0 bridgehead atoms. The van der Waals surface area contributed by atoms with E-state index in [0.29, 0.717) is 5.25 Å². The molecule has 3 rings (SSSR count). The lowest BCUT2D eigenvalue weighted by Gasteiger charge is -2.40. The van der Waals surface area contributed by atoms with Gasteiger partial charge in [0.05, 0.1) is 34.4 Å². The highest BCUT2D eigenvalue weighted by molar-refractivity contribution is 7.99. The van der Waals surface area contributed by atoms with Crippen LogP contribution in [0.1, 0.15) is 26.7 Å². The van der Waals surface area contributed by atoms with Crippen molar-refractivity contribution < 1.29 is 5.11 Å². The van der Waals surface area contributed by atoms with E-state index in [1.807, 2.05) is 6.07 Å². The minimum atomic E-state index is 0. The number of thioether (sulfide) groups is 1. The van der Waals surface area contributed by atoms with Crippen LogP contribution in [0.15, 0.2) is 17.3 Å². The third kappa shape index (κ3) is 5.58. The van der Waals surface area contributed by atoms with Crippen LogP contribution in [0.4, 0.5) is 5.69 Å². The van der Waals surface area contributed by atoms with Crippen LogP contribution in [0.3, 0.4) is 0 Å². The van der Waals surface area contributed by atoms with Crippen LogP contribution in [-0.4, -0.2) is 64.6 Å². The average molecular weight is 456 g/mol. The number of halogens is 3. The third-order valence-corrected chi connectivity index (χ3v) is 6.77. The fraction of sp³-hybridized carbons (Fsp3) is 0.611. The Kier molecular flexibility index (Phi) is 10.0. The first kappa shape index (κ1) is 24.7. The highest BCUT2D eigenvalue weighted by Crippen LogP contribution is 2.34. The average Bonchev–Trinajstić information content (AvgIpc) is 3.00. The number of hydrogen-bond donors (Lipinski definition) is 2. The number of H-pyrrole nitrogens is 1. The number of rotatable bonds is 6. The van der Waals surface area contributed by atoms with Crippen molar-refractivity contribution >= 4 is 64.9 Å².